The van der Waals surface area contributed by atoms with Crippen molar-refractivity contribution in [2.75, 3.05) is 0 Å². The molecule has 2 atom stereocenters. The Morgan fingerprint density at radius 2 is 1.40 bits per heavy atom. The summed E-state index contributed by atoms with van der Waals surface area (Å²) in [5.74, 6) is -0.0459. The molecular formula is C22H31IO2. The largest absolute Gasteiger partial charge is 0.461 e. The lowest BCUT2D eigenvalue weighted by Crippen LogP contribution is -2.19. The minimum atomic E-state index is -0.0459. The van der Waals surface area contributed by atoms with E-state index in [9.17, 15) is 4.79 Å². The molecule has 0 aromatic heterocycles. The number of cyclic esters (lactones) is 1. The van der Waals surface area contributed by atoms with Crippen LogP contribution in [0.1, 0.15) is 58.3 Å². The highest BCUT2D eigenvalue weighted by molar-refractivity contribution is 14.1. The Kier molecular flexibility index (Phi) is 13.3. The van der Waals surface area contributed by atoms with Crippen molar-refractivity contribution in [3.63, 3.8) is 0 Å². The van der Waals surface area contributed by atoms with Crippen LogP contribution in [-0.2, 0) is 9.53 Å². The van der Waals surface area contributed by atoms with E-state index >= 15 is 0 Å². The SMILES string of the molecule is CC/C=C\C/C=C\C/C=C\C/C=C\C/C=C\CC(I)C1CCC(=O)O1. The van der Waals surface area contributed by atoms with Crippen molar-refractivity contribution in [3.8, 4) is 0 Å². The summed E-state index contributed by atoms with van der Waals surface area (Å²) in [5.41, 5.74) is 0. The molecule has 2 nitrogen and oxygen atoms in total. The zero-order chi connectivity index (χ0) is 18.2. The minimum Gasteiger partial charge on any atom is -0.461 e. The molecule has 0 bridgehead atoms. The topological polar surface area (TPSA) is 26.3 Å². The van der Waals surface area contributed by atoms with Crippen LogP contribution in [0, 0.1) is 0 Å². The molecule has 1 aliphatic rings. The molecular weight excluding hydrogens is 423 g/mol. The molecule has 2 unspecified atom stereocenters. The molecule has 1 saturated heterocycles. The van der Waals surface area contributed by atoms with Crippen LogP contribution in [0.4, 0.5) is 0 Å². The molecule has 0 spiro atoms. The Balaban J connectivity index is 2.01. The van der Waals surface area contributed by atoms with E-state index in [2.05, 4.69) is 90.3 Å². The second-order valence-electron chi connectivity index (χ2n) is 6.03. The second-order valence-corrected chi connectivity index (χ2v) is 7.63. The first-order chi connectivity index (χ1) is 12.2. The van der Waals surface area contributed by atoms with E-state index < -0.39 is 0 Å². The molecule has 0 aliphatic carbocycles. The monoisotopic (exact) mass is 454 g/mol. The van der Waals surface area contributed by atoms with Crippen molar-refractivity contribution < 1.29 is 9.53 Å². The van der Waals surface area contributed by atoms with Gasteiger partial charge in [0.15, 0.2) is 0 Å². The summed E-state index contributed by atoms with van der Waals surface area (Å²) in [6.45, 7) is 2.15. The maximum absolute atomic E-state index is 11.1. The lowest BCUT2D eigenvalue weighted by atomic mass is 10.1. The van der Waals surface area contributed by atoms with Gasteiger partial charge >= 0.3 is 5.97 Å². The molecule has 1 heterocycles. The number of esters is 1. The predicted octanol–water partition coefficient (Wildman–Crippen LogP) is 6.64. The van der Waals surface area contributed by atoms with E-state index in [1.165, 1.54) is 0 Å². The zero-order valence-electron chi connectivity index (χ0n) is 15.3. The van der Waals surface area contributed by atoms with Gasteiger partial charge in [-0.25, -0.2) is 0 Å². The zero-order valence-corrected chi connectivity index (χ0v) is 17.4. The third kappa shape index (κ3) is 12.0. The molecule has 0 aromatic carbocycles. The number of ether oxygens (including phenoxy) is 1. The maximum atomic E-state index is 11.1. The number of hydrogen-bond donors (Lipinski definition) is 0. The van der Waals surface area contributed by atoms with Gasteiger partial charge in [-0.2, -0.15) is 0 Å². The smallest absolute Gasteiger partial charge is 0.306 e. The number of alkyl halides is 1. The summed E-state index contributed by atoms with van der Waals surface area (Å²) >= 11 is 2.39. The third-order valence-corrected chi connectivity index (χ3v) is 5.15. The molecule has 25 heavy (non-hydrogen) atoms. The Bertz CT molecular complexity index is 500. The van der Waals surface area contributed by atoms with Crippen LogP contribution in [0.25, 0.3) is 0 Å². The minimum absolute atomic E-state index is 0.0459. The Morgan fingerprint density at radius 1 is 0.920 bits per heavy atom. The number of rotatable bonds is 12. The van der Waals surface area contributed by atoms with Gasteiger partial charge in [0.2, 0.25) is 0 Å². The molecule has 0 radical (unpaired) electrons. The van der Waals surface area contributed by atoms with Crippen LogP contribution in [0.3, 0.4) is 0 Å². The van der Waals surface area contributed by atoms with E-state index in [1.54, 1.807) is 0 Å². The average molecular weight is 454 g/mol. The normalized spacial score (nSPS) is 20.1. The summed E-state index contributed by atoms with van der Waals surface area (Å²) in [7, 11) is 0. The van der Waals surface area contributed by atoms with Crippen molar-refractivity contribution in [1.82, 2.24) is 0 Å². The molecule has 1 aliphatic heterocycles. The van der Waals surface area contributed by atoms with E-state index in [1.807, 2.05) is 0 Å². The van der Waals surface area contributed by atoms with Gasteiger partial charge in [0.1, 0.15) is 6.10 Å². The first kappa shape index (κ1) is 21.9. The first-order valence-corrected chi connectivity index (χ1v) is 10.6. The van der Waals surface area contributed by atoms with Crippen LogP contribution in [0.5, 0.6) is 0 Å². The summed E-state index contributed by atoms with van der Waals surface area (Å²) in [6.07, 6.45) is 29.7. The molecule has 0 aromatic rings. The summed E-state index contributed by atoms with van der Waals surface area (Å²) < 4.78 is 5.67. The van der Waals surface area contributed by atoms with Crippen molar-refractivity contribution in [2.45, 2.75) is 68.3 Å². The number of allylic oxidation sites excluding steroid dienone is 10. The Hall–Kier alpha value is -1.10. The van der Waals surface area contributed by atoms with Gasteiger partial charge in [-0.05, 0) is 44.9 Å². The van der Waals surface area contributed by atoms with Gasteiger partial charge in [-0.1, -0.05) is 90.3 Å². The molecule has 0 amide bonds. The Morgan fingerprint density at radius 3 is 1.84 bits per heavy atom. The van der Waals surface area contributed by atoms with Crippen LogP contribution >= 0.6 is 22.6 Å². The van der Waals surface area contributed by atoms with Crippen molar-refractivity contribution in [1.29, 1.82) is 0 Å². The summed E-state index contributed by atoms with van der Waals surface area (Å²) in [4.78, 5) is 11.1. The highest BCUT2D eigenvalue weighted by Gasteiger charge is 2.28. The summed E-state index contributed by atoms with van der Waals surface area (Å²) in [5, 5.41) is 0. The van der Waals surface area contributed by atoms with Crippen LogP contribution in [0.2, 0.25) is 0 Å². The van der Waals surface area contributed by atoms with Crippen LogP contribution in [0.15, 0.2) is 60.8 Å². The van der Waals surface area contributed by atoms with Gasteiger partial charge in [0.25, 0.3) is 0 Å². The van der Waals surface area contributed by atoms with E-state index in [4.69, 9.17) is 4.74 Å². The predicted molar refractivity (Wildman–Crippen MR) is 116 cm³/mol. The number of carbonyl (C=O) groups is 1. The van der Waals surface area contributed by atoms with Crippen LogP contribution in [-0.4, -0.2) is 16.0 Å². The van der Waals surface area contributed by atoms with Crippen molar-refractivity contribution in [3.05, 3.63) is 60.8 Å². The van der Waals surface area contributed by atoms with Crippen molar-refractivity contribution >= 4 is 28.6 Å². The maximum Gasteiger partial charge on any atom is 0.306 e. The summed E-state index contributed by atoms with van der Waals surface area (Å²) in [6, 6.07) is 0. The molecule has 1 fully saturated rings. The number of carbonyl (C=O) groups excluding carboxylic acids is 1. The lowest BCUT2D eigenvalue weighted by Gasteiger charge is -2.14. The van der Waals surface area contributed by atoms with Crippen LogP contribution < -0.4 is 0 Å². The van der Waals surface area contributed by atoms with Crippen molar-refractivity contribution in [2.24, 2.45) is 0 Å². The van der Waals surface area contributed by atoms with Gasteiger partial charge in [-0.15, -0.1) is 0 Å². The van der Waals surface area contributed by atoms with Gasteiger partial charge in [-0.3, -0.25) is 4.79 Å². The highest BCUT2D eigenvalue weighted by Crippen LogP contribution is 2.24. The standard InChI is InChI=1S/C22H31IO2/c1-2-3-4-5-6-7-8-9-10-11-12-13-14-15-16-17-20(23)21-18-19-22(24)25-21/h3-4,6-7,9-10,12-13,15-16,20-21H,2,5,8,11,14,17-19H2,1H3/b4-3-,7-6-,10-9-,13-12-,16-15-. The van der Waals surface area contributed by atoms with E-state index in [-0.39, 0.29) is 12.1 Å². The Labute approximate surface area is 166 Å². The molecule has 3 heteroatoms. The molecule has 1 rings (SSSR count). The first-order valence-electron chi connectivity index (χ1n) is 9.32. The average Bonchev–Trinajstić information content (AvgIpc) is 3.04. The number of halogens is 1. The fourth-order valence-electron chi connectivity index (χ4n) is 2.43. The fraction of sp³-hybridized carbons (Fsp3) is 0.500. The lowest BCUT2D eigenvalue weighted by molar-refractivity contribution is -0.141. The molecule has 138 valence electrons. The van der Waals surface area contributed by atoms with Gasteiger partial charge < -0.3 is 4.74 Å². The van der Waals surface area contributed by atoms with Gasteiger partial charge in [0.05, 0.1) is 3.92 Å². The number of hydrogen-bond acceptors (Lipinski definition) is 2. The van der Waals surface area contributed by atoms with E-state index in [0.29, 0.717) is 10.3 Å². The van der Waals surface area contributed by atoms with E-state index in [0.717, 1.165) is 44.9 Å². The fourth-order valence-corrected chi connectivity index (χ4v) is 3.23. The third-order valence-electron chi connectivity index (χ3n) is 3.84. The second kappa shape index (κ2) is 15.2. The molecule has 0 saturated carbocycles. The highest BCUT2D eigenvalue weighted by atomic mass is 127. The quantitative estimate of drug-likeness (QED) is 0.143. The molecule has 0 N–H and O–H groups in total. The van der Waals surface area contributed by atoms with Gasteiger partial charge in [0, 0.05) is 6.42 Å².